The van der Waals surface area contributed by atoms with E-state index in [2.05, 4.69) is 26.0 Å². The monoisotopic (exact) mass is 652 g/mol. The maximum atomic E-state index is 13.9. The van der Waals surface area contributed by atoms with Crippen LogP contribution in [0.4, 0.5) is 14.5 Å². The highest BCUT2D eigenvalue weighted by Gasteiger charge is 2.29. The largest absolute Gasteiger partial charge is 0.497 e. The molecule has 2 heterocycles. The van der Waals surface area contributed by atoms with Crippen molar-refractivity contribution in [2.24, 2.45) is 0 Å². The Kier molecular flexibility index (Phi) is 8.68. The number of methoxy groups -OCH3 is 1. The molecule has 0 unspecified atom stereocenters. The number of nitrogens with zero attached hydrogens (tertiary/aromatic N) is 3. The third kappa shape index (κ3) is 6.21. The van der Waals surface area contributed by atoms with Gasteiger partial charge >= 0.3 is 0 Å². The number of carbonyl (C=O) groups is 4. The van der Waals surface area contributed by atoms with Gasteiger partial charge in [-0.3, -0.25) is 19.2 Å². The molecule has 5 aromatic rings. The van der Waals surface area contributed by atoms with E-state index in [1.54, 1.807) is 30.3 Å². The van der Waals surface area contributed by atoms with Crippen molar-refractivity contribution in [2.45, 2.75) is 39.3 Å². The highest BCUT2D eigenvalue weighted by atomic mass is 19.2. The van der Waals surface area contributed by atoms with Gasteiger partial charge < -0.3 is 20.7 Å². The summed E-state index contributed by atoms with van der Waals surface area (Å²) in [6.07, 6.45) is 2.49. The molecule has 0 saturated carbocycles. The molecule has 0 spiro atoms. The lowest BCUT2D eigenvalue weighted by molar-refractivity contribution is 0.0926. The van der Waals surface area contributed by atoms with E-state index in [1.165, 1.54) is 36.9 Å². The summed E-state index contributed by atoms with van der Waals surface area (Å²) in [7, 11) is 1.50. The fourth-order valence-electron chi connectivity index (χ4n) is 5.87. The first-order valence-corrected chi connectivity index (χ1v) is 15.0. The lowest BCUT2D eigenvalue weighted by atomic mass is 9.96. The summed E-state index contributed by atoms with van der Waals surface area (Å²) in [6, 6.07) is 14.4. The molecule has 0 fully saturated rings. The molecule has 1 atom stereocenters. The Balaban J connectivity index is 1.34. The lowest BCUT2D eigenvalue weighted by Gasteiger charge is -2.16. The zero-order valence-corrected chi connectivity index (χ0v) is 26.2. The SMILES string of the molecule is COc1cccc(NC(=O)c2cnn3c(C(=O)N[C@H]4CCc5c4ccc(C(C)=O)c5C)cc(C(=O)NCc4ccc(F)c(F)c4)nc23)c1. The second-order valence-corrected chi connectivity index (χ2v) is 11.4. The number of nitrogens with one attached hydrogen (secondary N) is 3. The van der Waals surface area contributed by atoms with Crippen molar-refractivity contribution < 1.29 is 32.7 Å². The van der Waals surface area contributed by atoms with E-state index < -0.39 is 29.4 Å². The van der Waals surface area contributed by atoms with Crippen LogP contribution in [0.25, 0.3) is 5.65 Å². The summed E-state index contributed by atoms with van der Waals surface area (Å²) in [6.45, 7) is 3.24. The van der Waals surface area contributed by atoms with Crippen molar-refractivity contribution in [3.05, 3.63) is 123 Å². The number of aromatic nitrogens is 3. The Morgan fingerprint density at radius 1 is 0.958 bits per heavy atom. The van der Waals surface area contributed by atoms with Crippen LogP contribution in [0.15, 0.2) is 66.9 Å². The van der Waals surface area contributed by atoms with Gasteiger partial charge in [-0.05, 0) is 73.2 Å². The molecular formula is C35H30F2N6O5. The van der Waals surface area contributed by atoms with Gasteiger partial charge in [0.2, 0.25) is 0 Å². The standard InChI is InChI=1S/C35H30F2N6O5/c1-18-23(19(2)44)8-9-25-24(18)10-12-29(25)42-35(47)31-15-30(34(46)38-16-20-7-11-27(36)28(37)13-20)41-32-26(17-39-43(31)32)33(45)40-21-5-4-6-22(14-21)48-3/h4-9,11,13-15,17,29H,10,12,16H2,1-3H3,(H,38,46)(H,40,45)(H,42,47)/t29-/m0/s1. The number of rotatable bonds is 9. The van der Waals surface area contributed by atoms with Gasteiger partial charge in [-0.15, -0.1) is 0 Å². The topological polar surface area (TPSA) is 144 Å². The number of Topliss-reactive ketones (excluding diaryl/α,β-unsaturated/α-hetero) is 1. The minimum Gasteiger partial charge on any atom is -0.497 e. The Hall–Kier alpha value is -5.98. The van der Waals surface area contributed by atoms with Gasteiger partial charge in [0.15, 0.2) is 23.1 Å². The number of anilines is 1. The molecule has 3 aromatic carbocycles. The zero-order valence-electron chi connectivity index (χ0n) is 26.2. The number of hydrogen-bond donors (Lipinski definition) is 3. The number of halogens is 2. The molecule has 0 bridgehead atoms. The van der Waals surface area contributed by atoms with Crippen LogP contribution < -0.4 is 20.7 Å². The molecule has 11 nitrogen and oxygen atoms in total. The summed E-state index contributed by atoms with van der Waals surface area (Å²) in [5, 5.41) is 12.6. The minimum atomic E-state index is -1.06. The Morgan fingerprint density at radius 2 is 1.77 bits per heavy atom. The summed E-state index contributed by atoms with van der Waals surface area (Å²) in [5.41, 5.74) is 3.78. The highest BCUT2D eigenvalue weighted by Crippen LogP contribution is 2.35. The second-order valence-electron chi connectivity index (χ2n) is 11.4. The number of carbonyl (C=O) groups excluding carboxylic acids is 4. The van der Waals surface area contributed by atoms with Crippen molar-refractivity contribution in [3.8, 4) is 5.75 Å². The maximum Gasteiger partial charge on any atom is 0.270 e. The van der Waals surface area contributed by atoms with E-state index in [4.69, 9.17) is 4.74 Å². The number of ether oxygens (including phenoxy) is 1. The molecule has 13 heteroatoms. The fraction of sp³-hybridized carbons (Fsp3) is 0.200. The van der Waals surface area contributed by atoms with Crippen LogP contribution in [0, 0.1) is 18.6 Å². The third-order valence-corrected chi connectivity index (χ3v) is 8.32. The molecule has 0 radical (unpaired) electrons. The van der Waals surface area contributed by atoms with Crippen LogP contribution in [-0.2, 0) is 13.0 Å². The van der Waals surface area contributed by atoms with Gasteiger partial charge in [-0.25, -0.2) is 18.3 Å². The molecule has 2 aromatic heterocycles. The molecular weight excluding hydrogens is 622 g/mol. The lowest BCUT2D eigenvalue weighted by Crippen LogP contribution is -2.31. The van der Waals surface area contributed by atoms with Crippen molar-refractivity contribution in [2.75, 3.05) is 12.4 Å². The Bertz CT molecular complexity index is 2130. The normalized spacial score (nSPS) is 13.6. The van der Waals surface area contributed by atoms with Gasteiger partial charge in [0.05, 0.1) is 19.3 Å². The van der Waals surface area contributed by atoms with Gasteiger partial charge in [-0.2, -0.15) is 5.10 Å². The minimum absolute atomic E-state index is 0.0132. The van der Waals surface area contributed by atoms with Crippen molar-refractivity contribution >= 4 is 34.8 Å². The second kappa shape index (κ2) is 13.0. The van der Waals surface area contributed by atoms with Crippen LogP contribution in [0.1, 0.15) is 83.3 Å². The van der Waals surface area contributed by atoms with E-state index >= 15 is 0 Å². The van der Waals surface area contributed by atoms with Crippen LogP contribution in [0.3, 0.4) is 0 Å². The summed E-state index contributed by atoms with van der Waals surface area (Å²) >= 11 is 0. The molecule has 6 rings (SSSR count). The molecule has 0 saturated heterocycles. The quantitative estimate of drug-likeness (QED) is 0.188. The van der Waals surface area contributed by atoms with Crippen molar-refractivity contribution in [1.29, 1.82) is 0 Å². The number of ketones is 1. The van der Waals surface area contributed by atoms with Crippen LogP contribution in [0.2, 0.25) is 0 Å². The van der Waals surface area contributed by atoms with E-state index in [1.807, 2.05) is 13.0 Å². The maximum absolute atomic E-state index is 13.9. The predicted octanol–water partition coefficient (Wildman–Crippen LogP) is 5.13. The van der Waals surface area contributed by atoms with Gasteiger partial charge in [0.1, 0.15) is 22.7 Å². The van der Waals surface area contributed by atoms with Crippen LogP contribution in [-0.4, -0.2) is 45.2 Å². The van der Waals surface area contributed by atoms with Gasteiger partial charge in [-0.1, -0.05) is 24.3 Å². The van der Waals surface area contributed by atoms with Gasteiger partial charge in [0.25, 0.3) is 17.7 Å². The summed E-state index contributed by atoms with van der Waals surface area (Å²) in [4.78, 5) is 57.1. The first kappa shape index (κ1) is 32.0. The number of amides is 3. The number of fused-ring (bicyclic) bond motifs is 2. The van der Waals surface area contributed by atoms with Gasteiger partial charge in [0, 0.05) is 29.9 Å². The zero-order chi connectivity index (χ0) is 34.1. The van der Waals surface area contributed by atoms with Crippen LogP contribution in [0.5, 0.6) is 5.75 Å². The van der Waals surface area contributed by atoms with E-state index in [-0.39, 0.29) is 41.0 Å². The van der Waals surface area contributed by atoms with E-state index in [0.29, 0.717) is 35.4 Å². The van der Waals surface area contributed by atoms with E-state index in [0.717, 1.165) is 28.8 Å². The average Bonchev–Trinajstić information content (AvgIpc) is 3.69. The van der Waals surface area contributed by atoms with Crippen LogP contribution >= 0.6 is 0 Å². The average molecular weight is 653 g/mol. The molecule has 244 valence electrons. The first-order valence-electron chi connectivity index (χ1n) is 15.0. The molecule has 3 amide bonds. The summed E-state index contributed by atoms with van der Waals surface area (Å²) in [5.74, 6) is -3.51. The molecule has 1 aliphatic rings. The Labute approximate surface area is 273 Å². The smallest absolute Gasteiger partial charge is 0.270 e. The summed E-state index contributed by atoms with van der Waals surface area (Å²) < 4.78 is 33.6. The predicted molar refractivity (Wildman–Crippen MR) is 171 cm³/mol. The highest BCUT2D eigenvalue weighted by molar-refractivity contribution is 6.09. The fourth-order valence-corrected chi connectivity index (χ4v) is 5.87. The molecule has 3 N–H and O–H groups in total. The van der Waals surface area contributed by atoms with Crippen molar-refractivity contribution in [3.63, 3.8) is 0 Å². The molecule has 48 heavy (non-hydrogen) atoms. The first-order chi connectivity index (χ1) is 23.0. The number of hydrogen-bond acceptors (Lipinski definition) is 7. The Morgan fingerprint density at radius 3 is 2.52 bits per heavy atom. The molecule has 1 aliphatic carbocycles. The number of benzene rings is 3. The van der Waals surface area contributed by atoms with Crippen molar-refractivity contribution in [1.82, 2.24) is 25.2 Å². The molecule has 0 aliphatic heterocycles. The van der Waals surface area contributed by atoms with E-state index in [9.17, 15) is 28.0 Å². The third-order valence-electron chi connectivity index (χ3n) is 8.32.